The van der Waals surface area contributed by atoms with Crippen molar-refractivity contribution in [2.45, 2.75) is 17.4 Å². The Morgan fingerprint density at radius 3 is 2.38 bits per heavy atom. The lowest BCUT2D eigenvalue weighted by molar-refractivity contribution is -0.138. The number of aromatic nitrogens is 2. The number of H-pyrrole nitrogens is 1. The van der Waals surface area contributed by atoms with Gasteiger partial charge in [-0.25, -0.2) is 18.2 Å². The number of imidazole rings is 1. The van der Waals surface area contributed by atoms with Crippen molar-refractivity contribution in [2.75, 3.05) is 17.7 Å². The number of anilines is 2. The van der Waals surface area contributed by atoms with Gasteiger partial charge in [-0.3, -0.25) is 10.1 Å². The lowest BCUT2D eigenvalue weighted by Crippen LogP contribution is -2.42. The minimum atomic E-state index is -4.32. The van der Waals surface area contributed by atoms with Gasteiger partial charge in [0.2, 0.25) is 16.0 Å². The van der Waals surface area contributed by atoms with E-state index in [1.54, 1.807) is 60.7 Å². The second-order valence-corrected chi connectivity index (χ2v) is 11.0. The molecule has 1 unspecified atom stereocenters. The normalized spacial score (nSPS) is 12.0. The smallest absolute Gasteiger partial charge is 0.326 e. The van der Waals surface area contributed by atoms with Crippen molar-refractivity contribution in [3.8, 4) is 16.9 Å². The first-order valence-electron chi connectivity index (χ1n) is 12.8. The van der Waals surface area contributed by atoms with Crippen LogP contribution in [-0.4, -0.2) is 48.6 Å². The zero-order valence-corrected chi connectivity index (χ0v) is 23.2. The van der Waals surface area contributed by atoms with Crippen molar-refractivity contribution in [1.82, 2.24) is 14.7 Å². The first-order valence-corrected chi connectivity index (χ1v) is 14.3. The molecule has 12 heteroatoms. The molecule has 214 valence electrons. The first kappa shape index (κ1) is 28.3. The molecule has 1 aromatic heterocycles. The maximum Gasteiger partial charge on any atom is 0.326 e. The number of carbonyl (C=O) groups excluding carboxylic acids is 1. The van der Waals surface area contributed by atoms with E-state index in [1.165, 1.54) is 19.2 Å². The Kier molecular flexibility index (Phi) is 8.18. The Morgan fingerprint density at radius 1 is 0.905 bits per heavy atom. The summed E-state index contributed by atoms with van der Waals surface area (Å²) in [6.45, 7) is 0. The van der Waals surface area contributed by atoms with E-state index in [9.17, 15) is 23.1 Å². The van der Waals surface area contributed by atoms with E-state index in [2.05, 4.69) is 25.3 Å². The van der Waals surface area contributed by atoms with Gasteiger partial charge in [-0.1, -0.05) is 60.7 Å². The fourth-order valence-corrected chi connectivity index (χ4v) is 5.79. The molecular formula is C30H27N5O6S. The third-order valence-corrected chi connectivity index (χ3v) is 7.90. The number of aliphatic carboxylic acids is 1. The molecule has 0 aliphatic heterocycles. The van der Waals surface area contributed by atoms with Gasteiger partial charge in [-0.2, -0.15) is 4.72 Å². The Balaban J connectivity index is 1.36. The number of rotatable bonds is 10. The van der Waals surface area contributed by atoms with Crippen LogP contribution in [0, 0.1) is 0 Å². The number of urea groups is 1. The predicted octanol–water partition coefficient (Wildman–Crippen LogP) is 4.86. The summed E-state index contributed by atoms with van der Waals surface area (Å²) in [5.41, 5.74) is 3.73. The summed E-state index contributed by atoms with van der Waals surface area (Å²) in [6, 6.07) is 25.6. The average Bonchev–Trinajstić information content (AvgIpc) is 3.39. The third kappa shape index (κ3) is 6.57. The van der Waals surface area contributed by atoms with Gasteiger partial charge < -0.3 is 20.1 Å². The summed E-state index contributed by atoms with van der Waals surface area (Å²) >= 11 is 0. The van der Waals surface area contributed by atoms with Crippen molar-refractivity contribution in [3.05, 3.63) is 103 Å². The van der Waals surface area contributed by atoms with Crippen molar-refractivity contribution < 1.29 is 27.9 Å². The molecule has 4 aromatic carbocycles. The van der Waals surface area contributed by atoms with E-state index in [-0.39, 0.29) is 23.0 Å². The standard InChI is InChI=1S/C30H27N5O6S/c1-41-26-15-14-21(18-27(26)42(39,40)35-25(28(36)37)16-19-8-3-2-4-9-19)20-10-7-11-22(17-20)31-30(38)34-29-32-23-12-5-6-13-24(23)33-29/h2-15,17-18,25,35H,16H2,1H3,(H,36,37)(H3,31,32,33,34,38). The lowest BCUT2D eigenvalue weighted by atomic mass is 10.0. The molecule has 42 heavy (non-hydrogen) atoms. The summed E-state index contributed by atoms with van der Waals surface area (Å²) in [4.78, 5) is 31.7. The number of para-hydroxylation sites is 2. The quantitative estimate of drug-likeness (QED) is 0.156. The number of benzene rings is 4. The highest BCUT2D eigenvalue weighted by Crippen LogP contribution is 2.31. The van der Waals surface area contributed by atoms with Gasteiger partial charge in [0.25, 0.3) is 0 Å². The molecule has 5 rings (SSSR count). The fraction of sp³-hybridized carbons (Fsp3) is 0.100. The maximum atomic E-state index is 13.4. The predicted molar refractivity (Wildman–Crippen MR) is 159 cm³/mol. The van der Waals surface area contributed by atoms with Gasteiger partial charge >= 0.3 is 12.0 Å². The number of aromatic amines is 1. The van der Waals surface area contributed by atoms with Crippen LogP contribution in [0.2, 0.25) is 0 Å². The number of ether oxygens (including phenoxy) is 1. The highest BCUT2D eigenvalue weighted by molar-refractivity contribution is 7.89. The molecule has 0 saturated heterocycles. The molecule has 0 fully saturated rings. The first-order chi connectivity index (χ1) is 20.2. The number of carboxylic acids is 1. The van der Waals surface area contributed by atoms with Crippen LogP contribution in [0.15, 0.2) is 102 Å². The highest BCUT2D eigenvalue weighted by atomic mass is 32.2. The molecule has 5 aromatic rings. The molecule has 5 N–H and O–H groups in total. The lowest BCUT2D eigenvalue weighted by Gasteiger charge is -2.17. The Morgan fingerprint density at radius 2 is 1.64 bits per heavy atom. The topological polar surface area (TPSA) is 163 Å². The molecule has 0 bridgehead atoms. The van der Waals surface area contributed by atoms with Crippen LogP contribution in [-0.2, 0) is 21.2 Å². The molecule has 0 saturated carbocycles. The van der Waals surface area contributed by atoms with Crippen LogP contribution in [0.25, 0.3) is 22.2 Å². The summed E-state index contributed by atoms with van der Waals surface area (Å²) in [7, 11) is -2.99. The molecule has 1 heterocycles. The zero-order valence-electron chi connectivity index (χ0n) is 22.4. The number of carboxylic acid groups (broad SMARTS) is 1. The number of fused-ring (bicyclic) bond motifs is 1. The van der Waals surface area contributed by atoms with Crippen LogP contribution in [0.3, 0.4) is 0 Å². The van der Waals surface area contributed by atoms with Crippen LogP contribution >= 0.6 is 0 Å². The maximum absolute atomic E-state index is 13.4. The van der Waals surface area contributed by atoms with Gasteiger partial charge in [0.15, 0.2) is 0 Å². The molecule has 0 aliphatic rings. The number of hydrogen-bond acceptors (Lipinski definition) is 6. The monoisotopic (exact) mass is 585 g/mol. The van der Waals surface area contributed by atoms with E-state index in [0.29, 0.717) is 27.9 Å². The summed E-state index contributed by atoms with van der Waals surface area (Å²) in [6.07, 6.45) is -0.0405. The Labute approximate surface area is 241 Å². The summed E-state index contributed by atoms with van der Waals surface area (Å²) < 4.78 is 34.4. The third-order valence-electron chi connectivity index (χ3n) is 6.41. The molecule has 2 amide bonds. The van der Waals surface area contributed by atoms with Crippen LogP contribution in [0.4, 0.5) is 16.4 Å². The van der Waals surface area contributed by atoms with Crippen LogP contribution in [0.5, 0.6) is 5.75 Å². The highest BCUT2D eigenvalue weighted by Gasteiger charge is 2.28. The molecule has 0 aliphatic carbocycles. The number of methoxy groups -OCH3 is 1. The average molecular weight is 586 g/mol. The largest absolute Gasteiger partial charge is 0.495 e. The molecule has 0 radical (unpaired) electrons. The van der Waals surface area contributed by atoms with E-state index >= 15 is 0 Å². The van der Waals surface area contributed by atoms with E-state index in [4.69, 9.17) is 4.74 Å². The van der Waals surface area contributed by atoms with E-state index in [0.717, 1.165) is 5.52 Å². The minimum Gasteiger partial charge on any atom is -0.495 e. The van der Waals surface area contributed by atoms with Crippen molar-refractivity contribution in [2.24, 2.45) is 0 Å². The van der Waals surface area contributed by atoms with Gasteiger partial charge in [-0.15, -0.1) is 0 Å². The van der Waals surface area contributed by atoms with Gasteiger partial charge in [0.1, 0.15) is 16.7 Å². The zero-order chi connectivity index (χ0) is 29.7. The van der Waals surface area contributed by atoms with Crippen molar-refractivity contribution >= 4 is 44.7 Å². The van der Waals surface area contributed by atoms with Crippen molar-refractivity contribution in [3.63, 3.8) is 0 Å². The van der Waals surface area contributed by atoms with Crippen LogP contribution < -0.4 is 20.1 Å². The molecule has 1 atom stereocenters. The number of hydrogen-bond donors (Lipinski definition) is 5. The second kappa shape index (κ2) is 12.1. The summed E-state index contributed by atoms with van der Waals surface area (Å²) in [5, 5.41) is 15.1. The van der Waals surface area contributed by atoms with Crippen LogP contribution in [0.1, 0.15) is 5.56 Å². The second-order valence-electron chi connectivity index (χ2n) is 9.33. The Hall–Kier alpha value is -5.20. The minimum absolute atomic E-state index is 0.0405. The summed E-state index contributed by atoms with van der Waals surface area (Å²) in [5.74, 6) is -0.971. The molecule has 11 nitrogen and oxygen atoms in total. The van der Waals surface area contributed by atoms with Gasteiger partial charge in [0.05, 0.1) is 18.1 Å². The Bertz CT molecular complexity index is 1820. The number of sulfonamides is 1. The molecular weight excluding hydrogens is 558 g/mol. The fourth-order valence-electron chi connectivity index (χ4n) is 4.40. The van der Waals surface area contributed by atoms with Gasteiger partial charge in [-0.05, 0) is 59.5 Å². The van der Waals surface area contributed by atoms with Crippen molar-refractivity contribution in [1.29, 1.82) is 0 Å². The van der Waals surface area contributed by atoms with E-state index in [1.807, 2.05) is 24.3 Å². The number of nitrogens with one attached hydrogen (secondary N) is 4. The molecule has 0 spiro atoms. The van der Waals surface area contributed by atoms with E-state index < -0.39 is 28.1 Å². The van der Waals surface area contributed by atoms with Gasteiger partial charge in [0, 0.05) is 5.69 Å². The SMILES string of the molecule is COc1ccc(-c2cccc(NC(=O)Nc3nc4ccccc4[nH]3)c2)cc1S(=O)(=O)NC(Cc1ccccc1)C(=O)O. The number of nitrogens with zero attached hydrogens (tertiary/aromatic N) is 1. The number of carbonyl (C=O) groups is 2. The number of amides is 2.